The van der Waals surface area contributed by atoms with E-state index in [0.29, 0.717) is 18.8 Å². The Morgan fingerprint density at radius 2 is 2.18 bits per heavy atom. The molecule has 3 rings (SSSR count). The molecule has 120 valence electrons. The molecule has 1 unspecified atom stereocenters. The summed E-state index contributed by atoms with van der Waals surface area (Å²) in [5.74, 6) is 0. The van der Waals surface area contributed by atoms with Gasteiger partial charge in [0.15, 0.2) is 5.65 Å². The largest absolute Gasteiger partial charge is 0.383 e. The molecule has 1 aliphatic rings. The van der Waals surface area contributed by atoms with E-state index in [-0.39, 0.29) is 10.9 Å². The molecular weight excluding hydrogens is 304 g/mol. The number of aromatic nitrogens is 3. The Labute approximate surface area is 129 Å². The average molecular weight is 324 g/mol. The SMILES string of the molecule is COCC1CCCCN1S(=O)(=O)c1cnc2c(cnn2C)c1. The molecule has 1 fully saturated rings. The number of rotatable bonds is 4. The highest BCUT2D eigenvalue weighted by Crippen LogP contribution is 2.26. The zero-order valence-corrected chi connectivity index (χ0v) is 13.6. The lowest BCUT2D eigenvalue weighted by Gasteiger charge is -2.34. The van der Waals surface area contributed by atoms with Gasteiger partial charge in [0.05, 0.1) is 12.8 Å². The van der Waals surface area contributed by atoms with E-state index in [1.807, 2.05) is 0 Å². The van der Waals surface area contributed by atoms with Crippen LogP contribution in [0.15, 0.2) is 23.4 Å². The molecular formula is C14H20N4O3S. The standard InChI is InChI=1S/C14H20N4O3S/c1-17-14-11(8-16-17)7-13(9-15-14)22(19,20)18-6-4-3-5-12(18)10-21-2/h7-9,12H,3-6,10H2,1-2H3. The molecule has 0 aliphatic carbocycles. The molecule has 8 heteroatoms. The molecule has 1 saturated heterocycles. The summed E-state index contributed by atoms with van der Waals surface area (Å²) in [5, 5.41) is 4.83. The van der Waals surface area contributed by atoms with Gasteiger partial charge >= 0.3 is 0 Å². The third-order valence-electron chi connectivity index (χ3n) is 4.09. The Morgan fingerprint density at radius 1 is 1.36 bits per heavy atom. The summed E-state index contributed by atoms with van der Waals surface area (Å²) < 4.78 is 34.2. The minimum atomic E-state index is -3.56. The molecule has 0 aromatic carbocycles. The lowest BCUT2D eigenvalue weighted by molar-refractivity contribution is 0.112. The van der Waals surface area contributed by atoms with Crippen molar-refractivity contribution < 1.29 is 13.2 Å². The van der Waals surface area contributed by atoms with Crippen LogP contribution in [0.2, 0.25) is 0 Å². The molecule has 2 aromatic heterocycles. The second-order valence-corrected chi connectivity index (χ2v) is 7.46. The van der Waals surface area contributed by atoms with Crippen LogP contribution < -0.4 is 0 Å². The van der Waals surface area contributed by atoms with Gasteiger partial charge in [-0.2, -0.15) is 9.40 Å². The lowest BCUT2D eigenvalue weighted by Crippen LogP contribution is -2.45. The van der Waals surface area contributed by atoms with E-state index in [0.717, 1.165) is 24.6 Å². The number of methoxy groups -OCH3 is 1. The molecule has 3 heterocycles. The van der Waals surface area contributed by atoms with Gasteiger partial charge in [-0.15, -0.1) is 0 Å². The minimum Gasteiger partial charge on any atom is -0.383 e. The number of piperidine rings is 1. The van der Waals surface area contributed by atoms with Crippen LogP contribution in [-0.2, 0) is 21.8 Å². The van der Waals surface area contributed by atoms with Crippen LogP contribution in [0.1, 0.15) is 19.3 Å². The smallest absolute Gasteiger partial charge is 0.244 e. The van der Waals surface area contributed by atoms with Crippen LogP contribution in [0.4, 0.5) is 0 Å². The van der Waals surface area contributed by atoms with Gasteiger partial charge in [0.2, 0.25) is 10.0 Å². The number of nitrogens with zero attached hydrogens (tertiary/aromatic N) is 4. The van der Waals surface area contributed by atoms with Gasteiger partial charge in [-0.1, -0.05) is 6.42 Å². The molecule has 0 radical (unpaired) electrons. The Kier molecular flexibility index (Phi) is 4.16. The molecule has 7 nitrogen and oxygen atoms in total. The van der Waals surface area contributed by atoms with E-state index in [9.17, 15) is 8.42 Å². The van der Waals surface area contributed by atoms with Gasteiger partial charge in [0.1, 0.15) is 4.90 Å². The maximum absolute atomic E-state index is 12.9. The molecule has 0 spiro atoms. The first-order valence-electron chi connectivity index (χ1n) is 7.32. The summed E-state index contributed by atoms with van der Waals surface area (Å²) in [6.45, 7) is 0.948. The number of fused-ring (bicyclic) bond motifs is 1. The highest BCUT2D eigenvalue weighted by molar-refractivity contribution is 7.89. The summed E-state index contributed by atoms with van der Waals surface area (Å²) >= 11 is 0. The van der Waals surface area contributed by atoms with Crippen molar-refractivity contribution in [3.8, 4) is 0 Å². The maximum Gasteiger partial charge on any atom is 0.244 e. The van der Waals surface area contributed by atoms with Gasteiger partial charge in [0, 0.05) is 38.3 Å². The van der Waals surface area contributed by atoms with Crippen molar-refractivity contribution in [3.63, 3.8) is 0 Å². The Bertz CT molecular complexity index is 769. The minimum absolute atomic E-state index is 0.103. The molecule has 0 bridgehead atoms. The average Bonchev–Trinajstić information content (AvgIpc) is 2.89. The number of ether oxygens (including phenoxy) is 1. The van der Waals surface area contributed by atoms with Crippen LogP contribution in [0.25, 0.3) is 11.0 Å². The second-order valence-electron chi connectivity index (χ2n) is 5.57. The zero-order chi connectivity index (χ0) is 15.7. The van der Waals surface area contributed by atoms with Crippen LogP contribution in [0.5, 0.6) is 0 Å². The molecule has 0 saturated carbocycles. The molecule has 2 aromatic rings. The summed E-state index contributed by atoms with van der Waals surface area (Å²) in [6, 6.07) is 1.54. The Balaban J connectivity index is 1.98. The number of hydrogen-bond donors (Lipinski definition) is 0. The van der Waals surface area contributed by atoms with Gasteiger partial charge in [-0.25, -0.2) is 13.4 Å². The Morgan fingerprint density at radius 3 is 2.95 bits per heavy atom. The third kappa shape index (κ3) is 2.62. The fourth-order valence-corrected chi connectivity index (χ4v) is 4.61. The van der Waals surface area contributed by atoms with E-state index in [2.05, 4.69) is 10.1 Å². The van der Waals surface area contributed by atoms with Gasteiger partial charge in [-0.05, 0) is 18.9 Å². The van der Waals surface area contributed by atoms with Crippen LogP contribution >= 0.6 is 0 Å². The summed E-state index contributed by atoms with van der Waals surface area (Å²) in [4.78, 5) is 4.45. The van der Waals surface area contributed by atoms with E-state index >= 15 is 0 Å². The van der Waals surface area contributed by atoms with Crippen molar-refractivity contribution >= 4 is 21.1 Å². The second kappa shape index (κ2) is 5.94. The number of sulfonamides is 1. The molecule has 0 amide bonds. The van der Waals surface area contributed by atoms with Crippen molar-refractivity contribution in [1.82, 2.24) is 19.1 Å². The summed E-state index contributed by atoms with van der Waals surface area (Å²) in [7, 11) is -0.181. The normalized spacial score (nSPS) is 20.5. The van der Waals surface area contributed by atoms with Crippen molar-refractivity contribution in [2.75, 3.05) is 20.3 Å². The van der Waals surface area contributed by atoms with Crippen molar-refractivity contribution in [1.29, 1.82) is 0 Å². The van der Waals surface area contributed by atoms with E-state index in [1.54, 1.807) is 35.4 Å². The van der Waals surface area contributed by atoms with Gasteiger partial charge < -0.3 is 4.74 Å². The topological polar surface area (TPSA) is 77.3 Å². The van der Waals surface area contributed by atoms with E-state index in [1.165, 1.54) is 6.20 Å². The number of pyridine rings is 1. The Hall–Kier alpha value is -1.51. The summed E-state index contributed by atoms with van der Waals surface area (Å²) in [6.07, 6.45) is 5.78. The lowest BCUT2D eigenvalue weighted by atomic mass is 10.1. The maximum atomic E-state index is 12.9. The molecule has 0 N–H and O–H groups in total. The van der Waals surface area contributed by atoms with Gasteiger partial charge in [0.25, 0.3) is 0 Å². The number of hydrogen-bond acceptors (Lipinski definition) is 5. The van der Waals surface area contributed by atoms with Crippen LogP contribution in [0.3, 0.4) is 0 Å². The first-order valence-corrected chi connectivity index (χ1v) is 8.76. The van der Waals surface area contributed by atoms with Crippen LogP contribution in [0, 0.1) is 0 Å². The fourth-order valence-electron chi connectivity index (χ4n) is 2.95. The molecule has 22 heavy (non-hydrogen) atoms. The van der Waals surface area contributed by atoms with E-state index in [4.69, 9.17) is 4.74 Å². The number of aryl methyl sites for hydroxylation is 1. The van der Waals surface area contributed by atoms with Crippen LogP contribution in [-0.4, -0.2) is 53.8 Å². The highest BCUT2D eigenvalue weighted by Gasteiger charge is 2.33. The highest BCUT2D eigenvalue weighted by atomic mass is 32.2. The first-order chi connectivity index (χ1) is 10.5. The molecule has 1 atom stereocenters. The van der Waals surface area contributed by atoms with Crippen molar-refractivity contribution in [2.45, 2.75) is 30.2 Å². The predicted octanol–water partition coefficient (Wildman–Crippen LogP) is 1.16. The first kappa shape index (κ1) is 15.4. The zero-order valence-electron chi connectivity index (χ0n) is 12.8. The van der Waals surface area contributed by atoms with Crippen molar-refractivity contribution in [2.24, 2.45) is 7.05 Å². The fraction of sp³-hybridized carbons (Fsp3) is 0.571. The molecule has 1 aliphatic heterocycles. The predicted molar refractivity (Wildman–Crippen MR) is 81.9 cm³/mol. The monoisotopic (exact) mass is 324 g/mol. The van der Waals surface area contributed by atoms with E-state index < -0.39 is 10.0 Å². The third-order valence-corrected chi connectivity index (χ3v) is 6.00. The van der Waals surface area contributed by atoms with Crippen molar-refractivity contribution in [3.05, 3.63) is 18.5 Å². The van der Waals surface area contributed by atoms with Gasteiger partial charge in [-0.3, -0.25) is 4.68 Å². The summed E-state index contributed by atoms with van der Waals surface area (Å²) in [5.41, 5.74) is 0.672. The quantitative estimate of drug-likeness (QED) is 0.843.